The van der Waals surface area contributed by atoms with Crippen molar-refractivity contribution in [2.75, 3.05) is 4.72 Å². The second-order valence-electron chi connectivity index (χ2n) is 12.3. The third-order valence-electron chi connectivity index (χ3n) is 8.16. The number of hydrogen-bond acceptors (Lipinski definition) is 7. The predicted molar refractivity (Wildman–Crippen MR) is 181 cm³/mol. The van der Waals surface area contributed by atoms with E-state index in [-0.39, 0.29) is 34.4 Å². The molecule has 2 amide bonds. The lowest BCUT2D eigenvalue weighted by Gasteiger charge is -2.20. The molecule has 0 spiro atoms. The van der Waals surface area contributed by atoms with Gasteiger partial charge in [0.1, 0.15) is 23.2 Å². The van der Waals surface area contributed by atoms with Gasteiger partial charge in [-0.15, -0.1) is 0 Å². The van der Waals surface area contributed by atoms with Crippen LogP contribution in [-0.4, -0.2) is 53.8 Å². The van der Waals surface area contributed by atoms with Gasteiger partial charge in [0.2, 0.25) is 0 Å². The highest BCUT2D eigenvalue weighted by Gasteiger charge is 2.28. The molecule has 0 bridgehead atoms. The molecule has 0 saturated heterocycles. The number of nitrogens with zero attached hydrogens (tertiary/aromatic N) is 2. The van der Waals surface area contributed by atoms with E-state index in [0.717, 1.165) is 25.7 Å². The molecule has 1 saturated carbocycles. The molecule has 1 atom stereocenters. The fraction of sp³-hybridized carbons (Fsp3) is 0.314. The first kappa shape index (κ1) is 36.0. The number of hydrogen-bond donors (Lipinski definition) is 3. The first-order valence-corrected chi connectivity index (χ1v) is 17.5. The summed E-state index contributed by atoms with van der Waals surface area (Å²) >= 11 is 0. The number of sulfonamides is 1. The zero-order valence-electron chi connectivity index (χ0n) is 27.6. The summed E-state index contributed by atoms with van der Waals surface area (Å²) in [6.45, 7) is 3.20. The van der Waals surface area contributed by atoms with Crippen LogP contribution in [0, 0.1) is 11.6 Å². The Balaban J connectivity index is 1.29. The largest absolute Gasteiger partial charge is 0.461 e. The van der Waals surface area contributed by atoms with Crippen LogP contribution < -0.4 is 20.9 Å². The molecule has 264 valence electrons. The fourth-order valence-electron chi connectivity index (χ4n) is 5.71. The van der Waals surface area contributed by atoms with E-state index in [1.54, 1.807) is 56.0 Å². The van der Waals surface area contributed by atoms with E-state index in [2.05, 4.69) is 15.4 Å². The van der Waals surface area contributed by atoms with Crippen molar-refractivity contribution in [3.8, 4) is 5.69 Å². The van der Waals surface area contributed by atoms with Crippen molar-refractivity contribution in [1.29, 1.82) is 0 Å². The zero-order valence-corrected chi connectivity index (χ0v) is 28.4. The smallest absolute Gasteiger partial charge is 0.329 e. The number of aromatic nitrogens is 2. The van der Waals surface area contributed by atoms with Gasteiger partial charge in [0.05, 0.1) is 22.4 Å². The number of benzene rings is 3. The monoisotopic (exact) mass is 709 g/mol. The van der Waals surface area contributed by atoms with Crippen molar-refractivity contribution in [3.05, 3.63) is 112 Å². The van der Waals surface area contributed by atoms with Gasteiger partial charge in [-0.05, 0) is 80.8 Å². The molecular formula is C35H37F2N5O7S. The lowest BCUT2D eigenvalue weighted by molar-refractivity contribution is -0.149. The Morgan fingerprint density at radius 3 is 2.10 bits per heavy atom. The molecule has 0 radical (unpaired) electrons. The topological polar surface area (TPSA) is 158 Å². The molecule has 3 N–H and O–H groups in total. The van der Waals surface area contributed by atoms with Crippen molar-refractivity contribution in [1.82, 2.24) is 20.0 Å². The van der Waals surface area contributed by atoms with Crippen LogP contribution in [0.1, 0.15) is 65.8 Å². The van der Waals surface area contributed by atoms with Crippen molar-refractivity contribution >= 4 is 33.5 Å². The number of ether oxygens (including phenoxy) is 1. The zero-order chi connectivity index (χ0) is 36.2. The number of esters is 1. The highest BCUT2D eigenvalue weighted by atomic mass is 32.2. The Kier molecular flexibility index (Phi) is 10.8. The normalized spacial score (nSPS) is 14.0. The molecule has 4 aromatic rings. The molecule has 5 rings (SSSR count). The van der Waals surface area contributed by atoms with Crippen LogP contribution in [0.3, 0.4) is 0 Å². The minimum atomic E-state index is -4.34. The van der Waals surface area contributed by atoms with E-state index in [9.17, 15) is 27.6 Å². The van der Waals surface area contributed by atoms with Crippen LogP contribution in [0.2, 0.25) is 0 Å². The third-order valence-corrected chi connectivity index (χ3v) is 9.56. The minimum Gasteiger partial charge on any atom is -0.461 e. The SMILES string of the molecule is CC(C)OC(=O)[C@H](Cc1ccc(-n2c(=O)ccn2C)cc1)NC(=O)c1c(F)cc(NS(=O)(=O)c2ccc(C(=O)NC3CCCC3)cc2)cc1F. The van der Waals surface area contributed by atoms with Crippen LogP contribution in [0.5, 0.6) is 0 Å². The summed E-state index contributed by atoms with van der Waals surface area (Å²) in [4.78, 5) is 50.5. The van der Waals surface area contributed by atoms with Gasteiger partial charge in [-0.1, -0.05) is 25.0 Å². The summed E-state index contributed by atoms with van der Waals surface area (Å²) in [5.41, 5.74) is -0.410. The van der Waals surface area contributed by atoms with Gasteiger partial charge in [-0.2, -0.15) is 0 Å². The number of nitrogens with one attached hydrogen (secondary N) is 3. The number of aryl methyl sites for hydroxylation is 1. The minimum absolute atomic E-state index is 0.0777. The first-order valence-electron chi connectivity index (χ1n) is 16.0. The van der Waals surface area contributed by atoms with Crippen LogP contribution >= 0.6 is 0 Å². The van der Waals surface area contributed by atoms with Gasteiger partial charge in [0.15, 0.2) is 0 Å². The standard InChI is InChI=1S/C35H37F2N5O7S/c1-21(2)49-35(46)30(18-22-8-12-26(13-9-22)42-31(43)16-17-41(42)3)39-34(45)32-28(36)19-25(20-29(32)37)40-50(47,48)27-14-10-23(11-15-27)33(44)38-24-6-4-5-7-24/h8-17,19-21,24,30,40H,4-7,18H2,1-3H3,(H,38,44)(H,39,45)/t30-/m0/s1. The quantitative estimate of drug-likeness (QED) is 0.186. The molecule has 3 aromatic carbocycles. The van der Waals surface area contributed by atoms with Gasteiger partial charge >= 0.3 is 5.97 Å². The highest BCUT2D eigenvalue weighted by molar-refractivity contribution is 7.92. The summed E-state index contributed by atoms with van der Waals surface area (Å²) in [6.07, 6.45) is 4.77. The number of anilines is 1. The maximum atomic E-state index is 15.3. The van der Waals surface area contributed by atoms with Crippen molar-refractivity contribution in [2.45, 2.75) is 69.0 Å². The first-order chi connectivity index (χ1) is 23.7. The molecular weight excluding hydrogens is 672 g/mol. The summed E-state index contributed by atoms with van der Waals surface area (Å²) < 4.78 is 66.9. The van der Waals surface area contributed by atoms with Crippen molar-refractivity contribution < 1.29 is 36.3 Å². The van der Waals surface area contributed by atoms with Crippen LogP contribution in [-0.2, 0) is 33.0 Å². The molecule has 1 aliphatic carbocycles. The van der Waals surface area contributed by atoms with E-state index < -0.39 is 56.9 Å². The average Bonchev–Trinajstić information content (AvgIpc) is 3.69. The molecule has 1 heterocycles. The van der Waals surface area contributed by atoms with Gasteiger partial charge in [-0.25, -0.2) is 26.7 Å². The highest BCUT2D eigenvalue weighted by Crippen LogP contribution is 2.24. The average molecular weight is 710 g/mol. The van der Waals surface area contributed by atoms with E-state index in [0.29, 0.717) is 23.4 Å². The van der Waals surface area contributed by atoms with Crippen molar-refractivity contribution in [3.63, 3.8) is 0 Å². The summed E-state index contributed by atoms with van der Waals surface area (Å²) in [5.74, 6) is -5.20. The van der Waals surface area contributed by atoms with Crippen LogP contribution in [0.15, 0.2) is 82.6 Å². The molecule has 0 unspecified atom stereocenters. The molecule has 1 fully saturated rings. The lowest BCUT2D eigenvalue weighted by atomic mass is 10.0. The summed E-state index contributed by atoms with van der Waals surface area (Å²) in [7, 11) is -2.64. The predicted octanol–water partition coefficient (Wildman–Crippen LogP) is 4.22. The fourth-order valence-corrected chi connectivity index (χ4v) is 6.75. The van der Waals surface area contributed by atoms with Crippen molar-refractivity contribution in [2.24, 2.45) is 7.05 Å². The second kappa shape index (κ2) is 15.1. The van der Waals surface area contributed by atoms with E-state index in [4.69, 9.17) is 4.74 Å². The maximum absolute atomic E-state index is 15.3. The Hall–Kier alpha value is -5.31. The number of rotatable bonds is 12. The Morgan fingerprint density at radius 1 is 0.920 bits per heavy atom. The lowest BCUT2D eigenvalue weighted by Crippen LogP contribution is -2.44. The molecule has 12 nitrogen and oxygen atoms in total. The number of carbonyl (C=O) groups excluding carboxylic acids is 3. The summed E-state index contributed by atoms with van der Waals surface area (Å²) in [5, 5.41) is 5.25. The van der Waals surface area contributed by atoms with E-state index >= 15 is 8.78 Å². The van der Waals surface area contributed by atoms with Gasteiger partial charge in [0, 0.05) is 37.3 Å². The third kappa shape index (κ3) is 8.45. The second-order valence-corrected chi connectivity index (χ2v) is 14.0. The van der Waals surface area contributed by atoms with Crippen LogP contribution in [0.25, 0.3) is 5.69 Å². The van der Waals surface area contributed by atoms with E-state index in [1.165, 1.54) is 35.0 Å². The Morgan fingerprint density at radius 2 is 1.54 bits per heavy atom. The summed E-state index contributed by atoms with van der Waals surface area (Å²) in [6, 6.07) is 13.1. The van der Waals surface area contributed by atoms with Gasteiger partial charge in [-0.3, -0.25) is 23.8 Å². The van der Waals surface area contributed by atoms with Gasteiger partial charge < -0.3 is 15.4 Å². The number of amides is 2. The van der Waals surface area contributed by atoms with Crippen LogP contribution in [0.4, 0.5) is 14.5 Å². The maximum Gasteiger partial charge on any atom is 0.329 e. The Bertz CT molecular complexity index is 2030. The molecule has 0 aliphatic heterocycles. The molecule has 1 aliphatic rings. The number of halogens is 2. The molecule has 1 aromatic heterocycles. The van der Waals surface area contributed by atoms with E-state index in [1.807, 2.05) is 0 Å². The number of carbonyl (C=O) groups is 3. The molecule has 15 heteroatoms. The molecule has 50 heavy (non-hydrogen) atoms. The van der Waals surface area contributed by atoms with Gasteiger partial charge in [0.25, 0.3) is 27.4 Å². The Labute approximate surface area is 287 Å².